The number of allylic oxidation sites excluding steroid dienone is 1. The molecule has 0 saturated carbocycles. The lowest BCUT2D eigenvalue weighted by atomic mass is 10.1. The van der Waals surface area contributed by atoms with E-state index in [0.717, 1.165) is 27.9 Å². The van der Waals surface area contributed by atoms with Gasteiger partial charge in [0.15, 0.2) is 11.6 Å². The van der Waals surface area contributed by atoms with Crippen LogP contribution in [0.4, 0.5) is 11.4 Å². The molecule has 0 bridgehead atoms. The zero-order valence-electron chi connectivity index (χ0n) is 18.4. The van der Waals surface area contributed by atoms with Gasteiger partial charge in [0.05, 0.1) is 16.9 Å². The molecule has 0 atom stereocenters. The average molecular weight is 518 g/mol. The van der Waals surface area contributed by atoms with Gasteiger partial charge in [-0.3, -0.25) is 9.59 Å². The van der Waals surface area contributed by atoms with Crippen molar-refractivity contribution < 1.29 is 9.59 Å². The fourth-order valence-electron chi connectivity index (χ4n) is 4.47. The summed E-state index contributed by atoms with van der Waals surface area (Å²) in [6.07, 6.45) is 6.57. The molecule has 0 amide bonds. The van der Waals surface area contributed by atoms with Gasteiger partial charge in [0.25, 0.3) is 0 Å². The topological polar surface area (TPSA) is 37.4 Å². The van der Waals surface area contributed by atoms with Gasteiger partial charge in [-0.25, -0.2) is 0 Å². The van der Waals surface area contributed by atoms with Crippen molar-refractivity contribution in [1.82, 2.24) is 0 Å². The van der Waals surface area contributed by atoms with Crippen molar-refractivity contribution in [3.05, 3.63) is 87.4 Å². The molecule has 5 heteroatoms. The zero-order valence-corrected chi connectivity index (χ0v) is 20.8. The minimum Gasteiger partial charge on any atom is -0.340 e. The number of fused-ring (bicyclic) bond motifs is 3. The molecule has 0 unspecified atom stereocenters. The van der Waals surface area contributed by atoms with E-state index < -0.39 is 0 Å². The number of Topliss-reactive ketones (excluding diaryl/α,β-unsaturated/α-hetero) is 2. The molecule has 0 aromatic heterocycles. The maximum absolute atomic E-state index is 12.8. The highest BCUT2D eigenvalue weighted by molar-refractivity contribution is 9.10. The third kappa shape index (κ3) is 4.20. The third-order valence-electron chi connectivity index (χ3n) is 6.16. The summed E-state index contributed by atoms with van der Waals surface area (Å²) in [7, 11) is 0. The van der Waals surface area contributed by atoms with E-state index in [1.165, 1.54) is 35.5 Å². The van der Waals surface area contributed by atoms with E-state index >= 15 is 0 Å². The summed E-state index contributed by atoms with van der Waals surface area (Å²) in [5, 5.41) is 0. The summed E-state index contributed by atoms with van der Waals surface area (Å²) in [5.41, 5.74) is 4.53. The molecule has 0 spiro atoms. The van der Waals surface area contributed by atoms with E-state index in [-0.39, 0.29) is 17.1 Å². The summed E-state index contributed by atoms with van der Waals surface area (Å²) in [5.74, 6) is -0.374. The Kier molecular flexibility index (Phi) is 6.26. The van der Waals surface area contributed by atoms with E-state index in [9.17, 15) is 9.59 Å². The van der Waals surface area contributed by atoms with Gasteiger partial charge in [-0.2, -0.15) is 0 Å². The second-order valence-corrected chi connectivity index (χ2v) is 10.4. The average Bonchev–Trinajstić information content (AvgIpc) is 3.06. The monoisotopic (exact) mass is 517 g/mol. The third-order valence-corrected chi connectivity index (χ3v) is 7.75. The van der Waals surface area contributed by atoms with Crippen molar-refractivity contribution in [1.29, 1.82) is 0 Å². The first-order chi connectivity index (χ1) is 16.1. The Morgan fingerprint density at radius 3 is 2.21 bits per heavy atom. The van der Waals surface area contributed by atoms with Crippen LogP contribution in [0.3, 0.4) is 0 Å². The van der Waals surface area contributed by atoms with Crippen molar-refractivity contribution in [2.45, 2.75) is 42.4 Å². The lowest BCUT2D eigenvalue weighted by molar-refractivity contribution is 0.0990. The molecule has 1 aliphatic heterocycles. The summed E-state index contributed by atoms with van der Waals surface area (Å²) in [6.45, 7) is 3.20. The molecule has 166 valence electrons. The Hall–Kier alpha value is -2.63. The van der Waals surface area contributed by atoms with Crippen LogP contribution in [0.5, 0.6) is 0 Å². The number of halogens is 1. The first-order valence-electron chi connectivity index (χ1n) is 11.4. The van der Waals surface area contributed by atoms with Gasteiger partial charge in [-0.15, -0.1) is 0 Å². The molecule has 1 aliphatic carbocycles. The van der Waals surface area contributed by atoms with Crippen LogP contribution >= 0.6 is 27.7 Å². The Morgan fingerprint density at radius 1 is 0.848 bits per heavy atom. The first kappa shape index (κ1) is 22.2. The number of ketones is 2. The van der Waals surface area contributed by atoms with Gasteiger partial charge in [-0.1, -0.05) is 84.2 Å². The zero-order chi connectivity index (χ0) is 22.9. The summed E-state index contributed by atoms with van der Waals surface area (Å²) in [4.78, 5) is 30.4. The molecule has 2 aliphatic rings. The quantitative estimate of drug-likeness (QED) is 0.188. The van der Waals surface area contributed by atoms with Crippen LogP contribution in [-0.4, -0.2) is 18.1 Å². The highest BCUT2D eigenvalue weighted by atomic mass is 79.9. The number of benzene rings is 3. The summed E-state index contributed by atoms with van der Waals surface area (Å²) in [6, 6.07) is 19.7. The molecule has 1 heterocycles. The number of unbranched alkanes of at least 4 members (excludes halogenated alkanes) is 3. The lowest BCUT2D eigenvalue weighted by Crippen LogP contribution is -2.22. The maximum atomic E-state index is 12.8. The van der Waals surface area contributed by atoms with Gasteiger partial charge in [0.2, 0.25) is 0 Å². The second-order valence-electron chi connectivity index (χ2n) is 8.42. The van der Waals surface area contributed by atoms with Gasteiger partial charge in [0, 0.05) is 31.9 Å². The lowest BCUT2D eigenvalue weighted by Gasteiger charge is -2.33. The van der Waals surface area contributed by atoms with Crippen LogP contribution in [0.25, 0.3) is 6.08 Å². The minimum atomic E-state index is -0.187. The van der Waals surface area contributed by atoms with Crippen LogP contribution in [0.1, 0.15) is 58.9 Å². The maximum Gasteiger partial charge on any atom is 0.197 e. The van der Waals surface area contributed by atoms with Crippen LogP contribution in [0.2, 0.25) is 0 Å². The highest BCUT2D eigenvalue weighted by Gasteiger charge is 2.32. The van der Waals surface area contributed by atoms with E-state index in [1.807, 2.05) is 6.07 Å². The molecule has 3 nitrogen and oxygen atoms in total. The molecule has 0 N–H and O–H groups in total. The number of hydrogen-bond acceptors (Lipinski definition) is 4. The SMILES string of the molecule is CCCCCCN1c2ccc(Br)cc2Sc2cc(C=C3C(=O)c4ccccc4C3=O)ccc21. The second kappa shape index (κ2) is 9.32. The molecular formula is C28H24BrNO2S. The van der Waals surface area contributed by atoms with E-state index in [2.05, 4.69) is 58.1 Å². The summed E-state index contributed by atoms with van der Waals surface area (Å²) < 4.78 is 1.06. The molecule has 33 heavy (non-hydrogen) atoms. The Bertz CT molecular complexity index is 1260. The highest BCUT2D eigenvalue weighted by Crippen LogP contribution is 2.49. The van der Waals surface area contributed by atoms with Crippen molar-refractivity contribution >= 4 is 56.7 Å². The van der Waals surface area contributed by atoms with Gasteiger partial charge in [-0.05, 0) is 48.4 Å². The van der Waals surface area contributed by atoms with Crippen LogP contribution in [-0.2, 0) is 0 Å². The normalized spacial score (nSPS) is 14.2. The fraction of sp³-hybridized carbons (Fsp3) is 0.214. The van der Waals surface area contributed by atoms with Crippen LogP contribution in [0.15, 0.2) is 80.5 Å². The van der Waals surface area contributed by atoms with Crippen molar-refractivity contribution in [2.75, 3.05) is 11.4 Å². The van der Waals surface area contributed by atoms with Crippen LogP contribution in [0, 0.1) is 0 Å². The van der Waals surface area contributed by atoms with Gasteiger partial charge >= 0.3 is 0 Å². The number of carbonyl (C=O) groups excluding carboxylic acids is 2. The Balaban J connectivity index is 1.49. The van der Waals surface area contributed by atoms with Gasteiger partial charge < -0.3 is 4.90 Å². The van der Waals surface area contributed by atoms with E-state index in [0.29, 0.717) is 11.1 Å². The Morgan fingerprint density at radius 2 is 1.52 bits per heavy atom. The van der Waals surface area contributed by atoms with E-state index in [4.69, 9.17) is 0 Å². The van der Waals surface area contributed by atoms with Crippen LogP contribution < -0.4 is 4.90 Å². The number of hydrogen-bond donors (Lipinski definition) is 0. The Labute approximate surface area is 207 Å². The molecule has 0 radical (unpaired) electrons. The number of nitrogens with zero attached hydrogens (tertiary/aromatic N) is 1. The van der Waals surface area contributed by atoms with Gasteiger partial charge in [0.1, 0.15) is 0 Å². The predicted octanol–water partition coefficient (Wildman–Crippen LogP) is 8.09. The molecule has 0 saturated heterocycles. The van der Waals surface area contributed by atoms with Crippen molar-refractivity contribution in [3.8, 4) is 0 Å². The molecular weight excluding hydrogens is 494 g/mol. The first-order valence-corrected chi connectivity index (χ1v) is 13.0. The summed E-state index contributed by atoms with van der Waals surface area (Å²) >= 11 is 5.34. The smallest absolute Gasteiger partial charge is 0.197 e. The van der Waals surface area contributed by atoms with Crippen molar-refractivity contribution in [3.63, 3.8) is 0 Å². The molecule has 0 fully saturated rings. The minimum absolute atomic E-state index is 0.187. The standard InChI is InChI=1S/C28H24BrNO2S/c1-2-3-4-7-14-30-23-12-10-18(16-25(23)33-26-17-19(29)11-13-24(26)30)15-22-27(31)20-8-5-6-9-21(20)28(22)32/h5-6,8-13,15-17H,2-4,7,14H2,1H3. The predicted molar refractivity (Wildman–Crippen MR) is 139 cm³/mol. The number of anilines is 2. The molecule has 5 rings (SSSR count). The number of carbonyl (C=O) groups is 2. The fourth-order valence-corrected chi connectivity index (χ4v) is 6.17. The van der Waals surface area contributed by atoms with E-state index in [1.54, 1.807) is 42.1 Å². The van der Waals surface area contributed by atoms with Crippen molar-refractivity contribution in [2.24, 2.45) is 0 Å². The molecule has 3 aromatic carbocycles. The molecule has 3 aromatic rings. The largest absolute Gasteiger partial charge is 0.340 e. The number of rotatable bonds is 6.